The van der Waals surface area contributed by atoms with Gasteiger partial charge in [0, 0.05) is 43.3 Å². The summed E-state index contributed by atoms with van der Waals surface area (Å²) in [4.78, 5) is 2.38. The third-order valence-electron chi connectivity index (χ3n) is 5.65. The lowest BCUT2D eigenvalue weighted by atomic mass is 10.0. The molecular weight excluding hydrogens is 418 g/mol. The Labute approximate surface area is 207 Å². The number of likely N-dealkylation sites (tertiary alicyclic amines) is 1. The fourth-order valence-electron chi connectivity index (χ4n) is 3.52. The molecule has 0 amide bonds. The molecule has 0 aliphatic carbocycles. The fraction of sp³-hybridized carbons (Fsp3) is 0.379. The van der Waals surface area contributed by atoms with E-state index in [2.05, 4.69) is 98.1 Å². The van der Waals surface area contributed by atoms with Crippen LogP contribution in [-0.2, 0) is 6.54 Å². The van der Waals surface area contributed by atoms with E-state index >= 15 is 0 Å². The predicted octanol–water partition coefficient (Wildman–Crippen LogP) is 4.71. The van der Waals surface area contributed by atoms with Gasteiger partial charge in [0.1, 0.15) is 0 Å². The van der Waals surface area contributed by atoms with Crippen molar-refractivity contribution in [1.82, 2.24) is 15.5 Å². The molecule has 0 spiro atoms. The number of hydrogen-bond donors (Lipinski definition) is 4. The fourth-order valence-corrected chi connectivity index (χ4v) is 3.52. The molecule has 186 valence electrons. The first-order valence-corrected chi connectivity index (χ1v) is 12.1. The average molecular weight is 464 g/mol. The van der Waals surface area contributed by atoms with Crippen LogP contribution in [-0.4, -0.2) is 37.6 Å². The van der Waals surface area contributed by atoms with E-state index in [4.69, 9.17) is 11.5 Å². The van der Waals surface area contributed by atoms with Crippen molar-refractivity contribution < 1.29 is 0 Å². The van der Waals surface area contributed by atoms with Crippen molar-refractivity contribution in [2.45, 2.75) is 45.2 Å². The first-order valence-electron chi connectivity index (χ1n) is 12.1. The van der Waals surface area contributed by atoms with Gasteiger partial charge in [0.25, 0.3) is 0 Å². The quantitative estimate of drug-likeness (QED) is 0.405. The molecule has 5 heteroatoms. The van der Waals surface area contributed by atoms with Gasteiger partial charge in [0.15, 0.2) is 0 Å². The normalized spacial score (nSPS) is 15.4. The summed E-state index contributed by atoms with van der Waals surface area (Å²) in [5.74, 6) is 0.659. The molecule has 1 fully saturated rings. The summed E-state index contributed by atoms with van der Waals surface area (Å²) in [6.07, 6.45) is 5.73. The molecule has 2 aromatic rings. The largest absolute Gasteiger partial charge is 0.403 e. The van der Waals surface area contributed by atoms with Crippen LogP contribution in [0.3, 0.4) is 0 Å². The third-order valence-corrected chi connectivity index (χ3v) is 5.65. The van der Waals surface area contributed by atoms with Crippen molar-refractivity contribution in [2.24, 2.45) is 11.5 Å². The van der Waals surface area contributed by atoms with Crippen LogP contribution in [0, 0.1) is 0 Å². The highest BCUT2D eigenvalue weighted by atomic mass is 15.2. The second-order valence-corrected chi connectivity index (χ2v) is 8.63. The molecule has 1 aliphatic rings. The Bertz CT molecular complexity index is 830. The van der Waals surface area contributed by atoms with Gasteiger partial charge < -0.3 is 22.1 Å². The van der Waals surface area contributed by atoms with E-state index in [-0.39, 0.29) is 0 Å². The summed E-state index contributed by atoms with van der Waals surface area (Å²) < 4.78 is 0. The standard InChI is InChI=1S/C14H20N2.C9H12.C6H13N3/c1-12(14-9-6-10-16(14)2)15-11-13-7-4-3-5-8-13;1-8(2)9-6-4-3-5-7-9;1-2-3-9-6(4-7)5-8/h3-5,7-8,14-15H,1,6,9-11H2,2H3;3-8H,1-2H3;2,4,9H,1,3,5,7-8H2/b;;6-4-. The van der Waals surface area contributed by atoms with Crippen molar-refractivity contribution in [2.75, 3.05) is 26.7 Å². The Morgan fingerprint density at radius 3 is 2.15 bits per heavy atom. The van der Waals surface area contributed by atoms with Gasteiger partial charge in [-0.25, -0.2) is 0 Å². The Hall–Kier alpha value is -3.02. The van der Waals surface area contributed by atoms with E-state index in [0.29, 0.717) is 25.0 Å². The molecule has 0 radical (unpaired) electrons. The summed E-state index contributed by atoms with van der Waals surface area (Å²) in [6.45, 7) is 15.3. The molecule has 34 heavy (non-hydrogen) atoms. The van der Waals surface area contributed by atoms with Gasteiger partial charge in [0.2, 0.25) is 0 Å². The van der Waals surface area contributed by atoms with E-state index in [1.165, 1.54) is 36.7 Å². The predicted molar refractivity (Wildman–Crippen MR) is 148 cm³/mol. The maximum atomic E-state index is 5.28. The van der Waals surface area contributed by atoms with Gasteiger partial charge in [-0.1, -0.05) is 87.2 Å². The van der Waals surface area contributed by atoms with E-state index in [0.717, 1.165) is 17.9 Å². The van der Waals surface area contributed by atoms with Crippen LogP contribution in [0.5, 0.6) is 0 Å². The zero-order chi connectivity index (χ0) is 25.2. The number of likely N-dealkylation sites (N-methyl/N-ethyl adjacent to an activating group) is 1. The summed E-state index contributed by atoms with van der Waals surface area (Å²) in [5.41, 5.74) is 15.2. The minimum absolute atomic E-state index is 0.449. The highest BCUT2D eigenvalue weighted by Gasteiger charge is 2.22. The van der Waals surface area contributed by atoms with E-state index < -0.39 is 0 Å². The summed E-state index contributed by atoms with van der Waals surface area (Å²) in [5, 5.41) is 6.40. The molecule has 0 aromatic heterocycles. The maximum Gasteiger partial charge on any atom is 0.0486 e. The van der Waals surface area contributed by atoms with Gasteiger partial charge in [-0.15, -0.1) is 6.58 Å². The molecule has 0 saturated carbocycles. The number of nitrogens with zero attached hydrogens (tertiary/aromatic N) is 1. The number of hydrogen-bond acceptors (Lipinski definition) is 5. The van der Waals surface area contributed by atoms with Crippen LogP contribution in [0.1, 0.15) is 43.7 Å². The zero-order valence-corrected chi connectivity index (χ0v) is 21.3. The summed E-state index contributed by atoms with van der Waals surface area (Å²) in [7, 11) is 2.17. The van der Waals surface area contributed by atoms with Gasteiger partial charge in [0.05, 0.1) is 0 Å². The first-order chi connectivity index (χ1) is 16.4. The van der Waals surface area contributed by atoms with Crippen molar-refractivity contribution in [3.05, 3.63) is 109 Å². The summed E-state index contributed by atoms with van der Waals surface area (Å²) >= 11 is 0. The van der Waals surface area contributed by atoms with Crippen molar-refractivity contribution in [3.8, 4) is 0 Å². The molecule has 5 nitrogen and oxygen atoms in total. The topological polar surface area (TPSA) is 79.3 Å². The Morgan fingerprint density at radius 2 is 1.71 bits per heavy atom. The maximum absolute atomic E-state index is 5.28. The molecule has 1 atom stereocenters. The molecule has 6 N–H and O–H groups in total. The van der Waals surface area contributed by atoms with E-state index in [1.54, 1.807) is 6.08 Å². The minimum atomic E-state index is 0.449. The van der Waals surface area contributed by atoms with Crippen LogP contribution < -0.4 is 22.1 Å². The Kier molecular flexibility index (Phi) is 14.9. The van der Waals surface area contributed by atoms with Crippen molar-refractivity contribution in [1.29, 1.82) is 0 Å². The van der Waals surface area contributed by atoms with Crippen LogP contribution in [0.25, 0.3) is 0 Å². The Balaban J connectivity index is 0.000000276. The summed E-state index contributed by atoms with van der Waals surface area (Å²) in [6, 6.07) is 21.5. The third kappa shape index (κ3) is 11.7. The van der Waals surface area contributed by atoms with Gasteiger partial charge >= 0.3 is 0 Å². The molecule has 1 heterocycles. The Morgan fingerprint density at radius 1 is 1.09 bits per heavy atom. The molecule has 1 aliphatic heterocycles. The lowest BCUT2D eigenvalue weighted by Crippen LogP contribution is -2.32. The minimum Gasteiger partial charge on any atom is -0.403 e. The molecule has 1 saturated heterocycles. The SMILES string of the molecule is C=C(NCc1ccccc1)C1CCCN1C.C=CCN/C(=C\N)CN.CC(C)c1ccccc1. The molecule has 1 unspecified atom stereocenters. The second-order valence-electron chi connectivity index (χ2n) is 8.63. The second kappa shape index (κ2) is 17.5. The average Bonchev–Trinajstić information content (AvgIpc) is 3.31. The van der Waals surface area contributed by atoms with Crippen LogP contribution in [0.2, 0.25) is 0 Å². The highest BCUT2D eigenvalue weighted by molar-refractivity contribution is 5.18. The first kappa shape index (κ1) is 29.0. The highest BCUT2D eigenvalue weighted by Crippen LogP contribution is 2.19. The molecule has 2 aromatic carbocycles. The lowest BCUT2D eigenvalue weighted by Gasteiger charge is -2.22. The molecule has 3 rings (SSSR count). The number of nitrogens with one attached hydrogen (secondary N) is 2. The zero-order valence-electron chi connectivity index (χ0n) is 21.3. The molecular formula is C29H45N5. The van der Waals surface area contributed by atoms with Crippen molar-refractivity contribution >= 4 is 0 Å². The number of benzene rings is 2. The van der Waals surface area contributed by atoms with Gasteiger partial charge in [-0.3, -0.25) is 4.90 Å². The monoisotopic (exact) mass is 463 g/mol. The molecule has 0 bridgehead atoms. The van der Waals surface area contributed by atoms with Gasteiger partial charge in [-0.2, -0.15) is 0 Å². The number of rotatable bonds is 9. The van der Waals surface area contributed by atoms with Crippen LogP contribution in [0.15, 0.2) is 97.5 Å². The van der Waals surface area contributed by atoms with E-state index in [1.807, 2.05) is 12.1 Å². The van der Waals surface area contributed by atoms with Crippen LogP contribution in [0.4, 0.5) is 0 Å². The van der Waals surface area contributed by atoms with E-state index in [9.17, 15) is 0 Å². The smallest absolute Gasteiger partial charge is 0.0486 e. The number of nitrogens with two attached hydrogens (primary N) is 2. The van der Waals surface area contributed by atoms with Gasteiger partial charge in [-0.05, 0) is 43.5 Å². The van der Waals surface area contributed by atoms with Crippen LogP contribution >= 0.6 is 0 Å². The van der Waals surface area contributed by atoms with Crippen molar-refractivity contribution in [3.63, 3.8) is 0 Å². The lowest BCUT2D eigenvalue weighted by molar-refractivity contribution is 0.334.